The van der Waals surface area contributed by atoms with Crippen LogP contribution in [-0.2, 0) is 4.74 Å². The lowest BCUT2D eigenvalue weighted by molar-refractivity contribution is -0.188. The fourth-order valence-corrected chi connectivity index (χ4v) is 0.720. The summed E-state index contributed by atoms with van der Waals surface area (Å²) >= 11 is 0. The van der Waals surface area contributed by atoms with E-state index in [1.54, 1.807) is 0 Å². The molecular formula is C9H20O4. The minimum absolute atomic E-state index is 0.0413. The van der Waals surface area contributed by atoms with Crippen LogP contribution in [-0.4, -0.2) is 45.8 Å². The topological polar surface area (TPSA) is 69.9 Å². The van der Waals surface area contributed by atoms with Gasteiger partial charge in [0, 0.05) is 0 Å². The van der Waals surface area contributed by atoms with Gasteiger partial charge in [-0.1, -0.05) is 0 Å². The molecule has 3 N–H and O–H groups in total. The van der Waals surface area contributed by atoms with Crippen molar-refractivity contribution >= 4 is 0 Å². The Morgan fingerprint density at radius 2 is 1.69 bits per heavy atom. The van der Waals surface area contributed by atoms with Gasteiger partial charge >= 0.3 is 0 Å². The lowest BCUT2D eigenvalue weighted by Crippen LogP contribution is -2.56. The van der Waals surface area contributed by atoms with Gasteiger partial charge in [-0.3, -0.25) is 0 Å². The van der Waals surface area contributed by atoms with Crippen LogP contribution in [0.4, 0.5) is 0 Å². The highest BCUT2D eigenvalue weighted by atomic mass is 16.5. The molecule has 0 saturated heterocycles. The molecule has 0 aromatic carbocycles. The summed E-state index contributed by atoms with van der Waals surface area (Å²) in [6.07, 6.45) is -0.0413. The highest BCUT2D eigenvalue weighted by Gasteiger charge is 2.42. The van der Waals surface area contributed by atoms with E-state index in [9.17, 15) is 10.2 Å². The van der Waals surface area contributed by atoms with Gasteiger partial charge in [0.15, 0.2) is 0 Å². The van der Waals surface area contributed by atoms with Crippen molar-refractivity contribution in [2.45, 2.75) is 45.0 Å². The van der Waals surface area contributed by atoms with Gasteiger partial charge in [-0.25, -0.2) is 0 Å². The van der Waals surface area contributed by atoms with Gasteiger partial charge < -0.3 is 20.1 Å². The summed E-state index contributed by atoms with van der Waals surface area (Å²) in [5, 5.41) is 28.3. The summed E-state index contributed by atoms with van der Waals surface area (Å²) in [7, 11) is 0. The van der Waals surface area contributed by atoms with Crippen LogP contribution in [0.2, 0.25) is 0 Å². The predicted octanol–water partition coefficient (Wildman–Crippen LogP) is -0.0943. The Hall–Kier alpha value is -0.160. The predicted molar refractivity (Wildman–Crippen MR) is 49.4 cm³/mol. The van der Waals surface area contributed by atoms with Crippen molar-refractivity contribution in [1.82, 2.24) is 0 Å². The van der Waals surface area contributed by atoms with Gasteiger partial charge in [-0.05, 0) is 27.7 Å². The minimum atomic E-state index is -1.60. The smallest absolute Gasteiger partial charge is 0.139 e. The second-order valence-electron chi connectivity index (χ2n) is 4.11. The Balaban J connectivity index is 4.29. The number of rotatable bonds is 5. The molecule has 0 aliphatic carbocycles. The summed E-state index contributed by atoms with van der Waals surface area (Å²) in [6.45, 7) is 5.91. The van der Waals surface area contributed by atoms with Crippen molar-refractivity contribution in [1.29, 1.82) is 0 Å². The molecule has 0 rings (SSSR count). The summed E-state index contributed by atoms with van der Waals surface area (Å²) in [5.41, 5.74) is -2.98. The van der Waals surface area contributed by atoms with E-state index in [4.69, 9.17) is 9.84 Å². The Morgan fingerprint density at radius 3 is 1.92 bits per heavy atom. The molecule has 0 saturated carbocycles. The zero-order valence-electron chi connectivity index (χ0n) is 8.74. The first-order valence-corrected chi connectivity index (χ1v) is 4.40. The molecule has 1 unspecified atom stereocenters. The number of aliphatic hydroxyl groups excluding tert-OH is 1. The first kappa shape index (κ1) is 12.8. The van der Waals surface area contributed by atoms with Gasteiger partial charge in [-0.2, -0.15) is 0 Å². The number of hydrogen-bond acceptors (Lipinski definition) is 4. The number of ether oxygens (including phenoxy) is 1. The molecule has 1 atom stereocenters. The largest absolute Gasteiger partial charge is 0.393 e. The Labute approximate surface area is 79.2 Å². The van der Waals surface area contributed by atoms with Crippen LogP contribution in [0.15, 0.2) is 0 Å². The van der Waals surface area contributed by atoms with E-state index in [2.05, 4.69) is 0 Å². The van der Waals surface area contributed by atoms with Crippen LogP contribution in [0.5, 0.6) is 0 Å². The van der Waals surface area contributed by atoms with Crippen LogP contribution in [0, 0.1) is 0 Å². The maximum Gasteiger partial charge on any atom is 0.139 e. The van der Waals surface area contributed by atoms with Crippen molar-refractivity contribution in [3.63, 3.8) is 0 Å². The molecule has 0 bridgehead atoms. The molecule has 0 fully saturated rings. The third-order valence-corrected chi connectivity index (χ3v) is 2.06. The zero-order chi connectivity index (χ0) is 10.7. The fourth-order valence-electron chi connectivity index (χ4n) is 0.720. The number of aliphatic hydroxyl groups is 3. The highest BCUT2D eigenvalue weighted by molar-refractivity contribution is 4.93. The molecule has 4 nitrogen and oxygen atoms in total. The summed E-state index contributed by atoms with van der Waals surface area (Å²) in [5.74, 6) is 0. The van der Waals surface area contributed by atoms with E-state index in [0.717, 1.165) is 0 Å². The second-order valence-corrected chi connectivity index (χ2v) is 4.11. The Bertz CT molecular complexity index is 150. The summed E-state index contributed by atoms with van der Waals surface area (Å²) in [6, 6.07) is 0. The van der Waals surface area contributed by atoms with Gasteiger partial charge in [0.1, 0.15) is 5.60 Å². The molecule has 0 amide bonds. The first-order chi connectivity index (χ1) is 5.73. The van der Waals surface area contributed by atoms with E-state index in [1.165, 1.54) is 13.8 Å². The van der Waals surface area contributed by atoms with Gasteiger partial charge in [-0.15, -0.1) is 0 Å². The molecule has 4 heteroatoms. The molecule has 0 aliphatic heterocycles. The van der Waals surface area contributed by atoms with Crippen molar-refractivity contribution in [3.05, 3.63) is 0 Å². The zero-order valence-corrected chi connectivity index (χ0v) is 8.74. The van der Waals surface area contributed by atoms with Crippen molar-refractivity contribution in [3.8, 4) is 0 Å². The monoisotopic (exact) mass is 192 g/mol. The van der Waals surface area contributed by atoms with Gasteiger partial charge in [0.2, 0.25) is 0 Å². The maximum atomic E-state index is 9.78. The van der Waals surface area contributed by atoms with E-state index in [-0.39, 0.29) is 12.7 Å². The average molecular weight is 192 g/mol. The molecular weight excluding hydrogens is 172 g/mol. The third kappa shape index (κ3) is 3.60. The van der Waals surface area contributed by atoms with E-state index >= 15 is 0 Å². The van der Waals surface area contributed by atoms with E-state index in [1.807, 2.05) is 13.8 Å². The highest BCUT2D eigenvalue weighted by Crippen LogP contribution is 2.22. The molecule has 0 spiro atoms. The SMILES string of the molecule is CC(C)OCC(O)(CO)C(C)(C)O. The lowest BCUT2D eigenvalue weighted by atomic mass is 9.87. The molecule has 13 heavy (non-hydrogen) atoms. The summed E-state index contributed by atoms with van der Waals surface area (Å²) < 4.78 is 5.15. The molecule has 0 radical (unpaired) electrons. The Kier molecular flexibility index (Phi) is 4.32. The second kappa shape index (κ2) is 4.37. The lowest BCUT2D eigenvalue weighted by Gasteiger charge is -2.37. The molecule has 0 aromatic heterocycles. The average Bonchev–Trinajstić information content (AvgIpc) is 1.98. The van der Waals surface area contributed by atoms with Crippen molar-refractivity contribution in [2.24, 2.45) is 0 Å². The fraction of sp³-hybridized carbons (Fsp3) is 1.00. The van der Waals surface area contributed by atoms with Crippen molar-refractivity contribution < 1.29 is 20.1 Å². The standard InChI is InChI=1S/C9H20O4/c1-7(2)13-6-9(12,5-10)8(3,4)11/h7,10-12H,5-6H2,1-4H3. The third-order valence-electron chi connectivity index (χ3n) is 2.06. The molecule has 0 aromatic rings. The van der Waals surface area contributed by atoms with Crippen LogP contribution < -0.4 is 0 Å². The molecule has 80 valence electrons. The van der Waals surface area contributed by atoms with E-state index < -0.39 is 17.8 Å². The van der Waals surface area contributed by atoms with E-state index in [0.29, 0.717) is 0 Å². The maximum absolute atomic E-state index is 9.78. The Morgan fingerprint density at radius 1 is 1.23 bits per heavy atom. The quantitative estimate of drug-likeness (QED) is 0.569. The van der Waals surface area contributed by atoms with Crippen LogP contribution in [0.25, 0.3) is 0 Å². The molecule has 0 aliphatic rings. The van der Waals surface area contributed by atoms with Crippen molar-refractivity contribution in [2.75, 3.05) is 13.2 Å². The normalized spacial score (nSPS) is 17.5. The molecule has 0 heterocycles. The van der Waals surface area contributed by atoms with Crippen LogP contribution in [0.3, 0.4) is 0 Å². The van der Waals surface area contributed by atoms with Gasteiger partial charge in [0.25, 0.3) is 0 Å². The summed E-state index contributed by atoms with van der Waals surface area (Å²) in [4.78, 5) is 0. The van der Waals surface area contributed by atoms with Crippen LogP contribution >= 0.6 is 0 Å². The number of hydrogen-bond donors (Lipinski definition) is 3. The minimum Gasteiger partial charge on any atom is -0.393 e. The van der Waals surface area contributed by atoms with Gasteiger partial charge in [0.05, 0.1) is 24.9 Å². The van der Waals surface area contributed by atoms with Crippen LogP contribution in [0.1, 0.15) is 27.7 Å². The first-order valence-electron chi connectivity index (χ1n) is 4.40.